The topological polar surface area (TPSA) is 73.2 Å². The zero-order valence-corrected chi connectivity index (χ0v) is 20.5. The quantitative estimate of drug-likeness (QED) is 0.307. The molecule has 0 amide bonds. The van der Waals surface area contributed by atoms with E-state index in [4.69, 9.17) is 11.6 Å². The molecule has 0 saturated heterocycles. The van der Waals surface area contributed by atoms with Crippen LogP contribution in [0.4, 0.5) is 0 Å². The zero-order chi connectivity index (χ0) is 24.5. The van der Waals surface area contributed by atoms with Crippen molar-refractivity contribution >= 4 is 38.0 Å². The molecule has 1 heterocycles. The minimum absolute atomic E-state index is 0.131. The minimum atomic E-state index is -3.34. The van der Waals surface area contributed by atoms with Crippen molar-refractivity contribution in [2.75, 3.05) is 6.26 Å². The molecule has 0 aliphatic heterocycles. The highest BCUT2D eigenvalue weighted by Gasteiger charge is 2.23. The van der Waals surface area contributed by atoms with Gasteiger partial charge in [-0.25, -0.2) is 8.42 Å². The summed E-state index contributed by atoms with van der Waals surface area (Å²) in [5.74, 6) is -0.131. The van der Waals surface area contributed by atoms with Crippen molar-refractivity contribution in [1.82, 2.24) is 4.57 Å². The number of fused-ring (bicyclic) bond motifs is 1. The van der Waals surface area contributed by atoms with Crippen molar-refractivity contribution in [3.63, 3.8) is 0 Å². The molecule has 3 aromatic carbocycles. The largest absolute Gasteiger partial charge is 0.300 e. The molecular weight excluding hydrogens is 470 g/mol. The molecule has 0 radical (unpaired) electrons. The Kier molecular flexibility index (Phi) is 6.73. The Morgan fingerprint density at radius 1 is 0.941 bits per heavy atom. The number of hydrogen-bond donors (Lipinski definition) is 0. The molecule has 0 aliphatic rings. The highest BCUT2D eigenvalue weighted by Crippen LogP contribution is 2.33. The van der Waals surface area contributed by atoms with Gasteiger partial charge in [-0.15, -0.1) is 0 Å². The minimum Gasteiger partial charge on any atom is -0.300 e. The van der Waals surface area contributed by atoms with E-state index in [1.165, 1.54) is 16.7 Å². The highest BCUT2D eigenvalue weighted by atomic mass is 35.5. The summed E-state index contributed by atoms with van der Waals surface area (Å²) in [6, 6.07) is 20.9. The molecule has 0 saturated carbocycles. The van der Waals surface area contributed by atoms with Crippen molar-refractivity contribution < 1.29 is 13.2 Å². The van der Waals surface area contributed by atoms with Crippen LogP contribution in [0.15, 0.2) is 82.5 Å². The number of hydrogen-bond acceptors (Lipinski definition) is 4. The molecule has 34 heavy (non-hydrogen) atoms. The van der Waals surface area contributed by atoms with E-state index in [0.717, 1.165) is 11.8 Å². The first-order valence-corrected chi connectivity index (χ1v) is 13.2. The molecule has 0 bridgehead atoms. The summed E-state index contributed by atoms with van der Waals surface area (Å²) < 4.78 is 25.2. The van der Waals surface area contributed by atoms with Gasteiger partial charge in [0.05, 0.1) is 17.1 Å². The summed E-state index contributed by atoms with van der Waals surface area (Å²) >= 11 is 6.30. The van der Waals surface area contributed by atoms with Gasteiger partial charge in [-0.05, 0) is 53.3 Å². The number of halogens is 1. The van der Waals surface area contributed by atoms with Gasteiger partial charge in [-0.2, -0.15) is 0 Å². The lowest BCUT2D eigenvalue weighted by Crippen LogP contribution is -2.28. The fourth-order valence-corrected chi connectivity index (χ4v) is 4.93. The zero-order valence-electron chi connectivity index (χ0n) is 18.9. The van der Waals surface area contributed by atoms with Crippen molar-refractivity contribution in [1.29, 1.82) is 0 Å². The van der Waals surface area contributed by atoms with Gasteiger partial charge in [0.2, 0.25) is 0 Å². The summed E-state index contributed by atoms with van der Waals surface area (Å²) in [5.41, 5.74) is 2.24. The van der Waals surface area contributed by atoms with Gasteiger partial charge in [-0.1, -0.05) is 61.0 Å². The number of carbonyl (C=O) groups is 1. The number of benzene rings is 3. The number of nitrogens with zero attached hydrogens (tertiary/aromatic N) is 1. The molecular formula is C27H24ClNO4S. The van der Waals surface area contributed by atoms with E-state index >= 15 is 0 Å². The van der Waals surface area contributed by atoms with E-state index in [9.17, 15) is 18.0 Å². The summed E-state index contributed by atoms with van der Waals surface area (Å²) in [7, 11) is -3.34. The molecule has 174 valence electrons. The number of aromatic nitrogens is 1. The molecule has 1 aromatic heterocycles. The van der Waals surface area contributed by atoms with Gasteiger partial charge in [0.25, 0.3) is 5.56 Å². The van der Waals surface area contributed by atoms with Crippen LogP contribution in [0.1, 0.15) is 35.8 Å². The van der Waals surface area contributed by atoms with Gasteiger partial charge in [0.15, 0.2) is 15.6 Å². The van der Waals surface area contributed by atoms with Crippen LogP contribution in [-0.4, -0.2) is 25.0 Å². The second-order valence-electron chi connectivity index (χ2n) is 8.26. The lowest BCUT2D eigenvalue weighted by Gasteiger charge is -2.20. The molecule has 7 heteroatoms. The summed E-state index contributed by atoms with van der Waals surface area (Å²) in [6.45, 7) is 2.05. The summed E-state index contributed by atoms with van der Waals surface area (Å²) in [4.78, 5) is 27.3. The van der Waals surface area contributed by atoms with Gasteiger partial charge in [0.1, 0.15) is 0 Å². The molecule has 0 atom stereocenters. The van der Waals surface area contributed by atoms with E-state index in [-0.39, 0.29) is 22.8 Å². The van der Waals surface area contributed by atoms with Gasteiger partial charge >= 0.3 is 0 Å². The fraction of sp³-hybridized carbons (Fsp3) is 0.185. The average molecular weight is 494 g/mol. The van der Waals surface area contributed by atoms with Crippen LogP contribution in [0.5, 0.6) is 0 Å². The second kappa shape index (κ2) is 9.57. The lowest BCUT2D eigenvalue weighted by atomic mass is 9.93. The van der Waals surface area contributed by atoms with Crippen LogP contribution >= 0.6 is 11.6 Å². The number of carbonyl (C=O) groups excluding carboxylic acids is 1. The fourth-order valence-electron chi connectivity index (χ4n) is 4.13. The maximum absolute atomic E-state index is 13.7. The first-order chi connectivity index (χ1) is 16.2. The third kappa shape index (κ3) is 4.69. The molecule has 0 fully saturated rings. The second-order valence-corrected chi connectivity index (χ2v) is 10.7. The molecule has 0 spiro atoms. The van der Waals surface area contributed by atoms with Crippen LogP contribution in [0.2, 0.25) is 5.02 Å². The Labute approximate surface area is 203 Å². The number of Topliss-reactive ketones (excluding diaryl/α,β-unsaturated/α-hetero) is 1. The van der Waals surface area contributed by atoms with Gasteiger partial charge in [-0.3, -0.25) is 14.2 Å². The standard InChI is InChI=1S/C27H24ClNO4S/c1-3-7-24(30)26-25(19-8-5-4-6-9-19)23-16-20(28)12-15-22(23)27(31)29(26)17-18-10-13-21(14-11-18)34(2,32)33/h4-6,8-16H,3,7,17H2,1-2H3. The van der Waals surface area contributed by atoms with E-state index in [0.29, 0.717) is 45.5 Å². The maximum Gasteiger partial charge on any atom is 0.259 e. The first-order valence-electron chi connectivity index (χ1n) is 10.9. The predicted molar refractivity (Wildman–Crippen MR) is 137 cm³/mol. The Morgan fingerprint density at radius 2 is 1.62 bits per heavy atom. The molecule has 0 N–H and O–H groups in total. The summed E-state index contributed by atoms with van der Waals surface area (Å²) in [6.07, 6.45) is 2.07. The predicted octanol–water partition coefficient (Wildman–Crippen LogP) is 5.76. The Morgan fingerprint density at radius 3 is 2.24 bits per heavy atom. The number of ketones is 1. The lowest BCUT2D eigenvalue weighted by molar-refractivity contribution is 0.0973. The number of sulfone groups is 1. The van der Waals surface area contributed by atoms with Crippen LogP contribution in [0, 0.1) is 0 Å². The van der Waals surface area contributed by atoms with Crippen molar-refractivity contribution in [3.8, 4) is 11.1 Å². The monoisotopic (exact) mass is 493 g/mol. The maximum atomic E-state index is 13.7. The van der Waals surface area contributed by atoms with Crippen molar-refractivity contribution in [3.05, 3.63) is 99.4 Å². The Hall–Kier alpha value is -3.22. The third-order valence-corrected chi connectivity index (χ3v) is 7.09. The van der Waals surface area contributed by atoms with Crippen LogP contribution in [0.3, 0.4) is 0 Å². The van der Waals surface area contributed by atoms with Gasteiger partial charge < -0.3 is 0 Å². The SMILES string of the molecule is CCCC(=O)c1c(-c2ccccc2)c2cc(Cl)ccc2c(=O)n1Cc1ccc(S(C)(=O)=O)cc1. The van der Waals surface area contributed by atoms with Crippen LogP contribution < -0.4 is 5.56 Å². The normalized spacial score (nSPS) is 11.6. The first kappa shape index (κ1) is 23.9. The number of rotatable bonds is 7. The van der Waals surface area contributed by atoms with Crippen molar-refractivity contribution in [2.45, 2.75) is 31.2 Å². The Bertz CT molecular complexity index is 1540. The van der Waals surface area contributed by atoms with E-state index in [1.807, 2.05) is 37.3 Å². The Balaban J connectivity index is 2.03. The molecule has 0 unspecified atom stereocenters. The summed E-state index contributed by atoms with van der Waals surface area (Å²) in [5, 5.41) is 1.57. The highest BCUT2D eigenvalue weighted by molar-refractivity contribution is 7.90. The average Bonchev–Trinajstić information content (AvgIpc) is 2.81. The number of pyridine rings is 1. The van der Waals surface area contributed by atoms with Gasteiger partial charge in [0, 0.05) is 28.6 Å². The van der Waals surface area contributed by atoms with Crippen LogP contribution in [0.25, 0.3) is 21.9 Å². The van der Waals surface area contributed by atoms with E-state index in [1.54, 1.807) is 30.3 Å². The molecule has 4 aromatic rings. The van der Waals surface area contributed by atoms with E-state index < -0.39 is 9.84 Å². The third-order valence-electron chi connectivity index (χ3n) is 5.73. The van der Waals surface area contributed by atoms with Crippen LogP contribution in [-0.2, 0) is 16.4 Å². The molecule has 4 rings (SSSR count). The van der Waals surface area contributed by atoms with Crippen molar-refractivity contribution in [2.24, 2.45) is 0 Å². The smallest absolute Gasteiger partial charge is 0.259 e. The van der Waals surface area contributed by atoms with E-state index in [2.05, 4.69) is 0 Å². The molecule has 5 nitrogen and oxygen atoms in total. The molecule has 0 aliphatic carbocycles.